The lowest BCUT2D eigenvalue weighted by Crippen LogP contribution is -2.55. The second-order valence-electron chi connectivity index (χ2n) is 6.85. The van der Waals surface area contributed by atoms with E-state index in [0.29, 0.717) is 23.5 Å². The van der Waals surface area contributed by atoms with Crippen LogP contribution in [0.1, 0.15) is 40.0 Å². The third-order valence-corrected chi connectivity index (χ3v) is 5.26. The summed E-state index contributed by atoms with van der Waals surface area (Å²) in [6.07, 6.45) is 4.03. The maximum Gasteiger partial charge on any atom is 0.0638 e. The van der Waals surface area contributed by atoms with E-state index in [1.807, 2.05) is 0 Å². The highest BCUT2D eigenvalue weighted by atomic mass is 16.5. The molecular weight excluding hydrogens is 214 g/mol. The predicted octanol–water partition coefficient (Wildman–Crippen LogP) is 1.80. The van der Waals surface area contributed by atoms with Crippen LogP contribution in [0.4, 0.5) is 0 Å². The Morgan fingerprint density at radius 3 is 2.59 bits per heavy atom. The van der Waals surface area contributed by atoms with Crippen molar-refractivity contribution in [2.45, 2.75) is 52.1 Å². The predicted molar refractivity (Wildman–Crippen MR) is 68.9 cm³/mol. The minimum atomic E-state index is 0.0699. The highest BCUT2D eigenvalue weighted by Gasteiger charge is 2.59. The van der Waals surface area contributed by atoms with Crippen LogP contribution >= 0.6 is 0 Å². The van der Waals surface area contributed by atoms with Gasteiger partial charge in [0, 0.05) is 13.2 Å². The molecule has 100 valence electrons. The fourth-order valence-electron chi connectivity index (χ4n) is 4.31. The summed E-state index contributed by atoms with van der Waals surface area (Å²) in [4.78, 5) is 0. The maximum atomic E-state index is 9.40. The van der Waals surface area contributed by atoms with Gasteiger partial charge in [0.25, 0.3) is 0 Å². The largest absolute Gasteiger partial charge is 0.395 e. The van der Waals surface area contributed by atoms with Crippen LogP contribution in [0.5, 0.6) is 0 Å². The van der Waals surface area contributed by atoms with Gasteiger partial charge in [0.05, 0.1) is 19.3 Å². The van der Waals surface area contributed by atoms with E-state index in [1.165, 1.54) is 19.3 Å². The molecule has 0 aromatic carbocycles. The summed E-state index contributed by atoms with van der Waals surface area (Å²) >= 11 is 0. The number of methoxy groups -OCH3 is 1. The molecule has 4 unspecified atom stereocenters. The van der Waals surface area contributed by atoms with Gasteiger partial charge in [-0.3, -0.25) is 0 Å². The first kappa shape index (κ1) is 13.3. The monoisotopic (exact) mass is 241 g/mol. The number of aliphatic hydroxyl groups is 1. The van der Waals surface area contributed by atoms with Gasteiger partial charge in [-0.1, -0.05) is 20.8 Å². The number of nitrogens with one attached hydrogen (secondary N) is 1. The summed E-state index contributed by atoms with van der Waals surface area (Å²) in [5.74, 6) is 0.840. The van der Waals surface area contributed by atoms with Gasteiger partial charge in [0.2, 0.25) is 0 Å². The van der Waals surface area contributed by atoms with Crippen LogP contribution in [0.15, 0.2) is 0 Å². The summed E-state index contributed by atoms with van der Waals surface area (Å²) < 4.78 is 5.16. The molecule has 2 N–H and O–H groups in total. The molecule has 2 rings (SSSR count). The van der Waals surface area contributed by atoms with E-state index in [2.05, 4.69) is 26.1 Å². The van der Waals surface area contributed by atoms with Gasteiger partial charge in [-0.05, 0) is 36.0 Å². The van der Waals surface area contributed by atoms with Gasteiger partial charge in [-0.15, -0.1) is 0 Å². The Morgan fingerprint density at radius 2 is 2.12 bits per heavy atom. The smallest absolute Gasteiger partial charge is 0.0638 e. The molecule has 3 nitrogen and oxygen atoms in total. The van der Waals surface area contributed by atoms with E-state index in [-0.39, 0.29) is 12.6 Å². The average molecular weight is 241 g/mol. The van der Waals surface area contributed by atoms with E-state index in [0.717, 1.165) is 5.92 Å². The molecule has 2 fully saturated rings. The number of rotatable bonds is 5. The molecule has 0 amide bonds. The molecule has 0 radical (unpaired) electrons. The first-order valence-corrected chi connectivity index (χ1v) is 6.80. The van der Waals surface area contributed by atoms with Crippen LogP contribution in [0.25, 0.3) is 0 Å². The van der Waals surface area contributed by atoms with Gasteiger partial charge >= 0.3 is 0 Å². The van der Waals surface area contributed by atoms with Crippen LogP contribution in [0.3, 0.4) is 0 Å². The van der Waals surface area contributed by atoms with Gasteiger partial charge < -0.3 is 15.2 Å². The topological polar surface area (TPSA) is 41.5 Å². The summed E-state index contributed by atoms with van der Waals surface area (Å²) in [5.41, 5.74) is 0.753. The number of aliphatic hydroxyl groups excluding tert-OH is 1. The molecule has 0 aliphatic heterocycles. The number of hydrogen-bond donors (Lipinski definition) is 2. The Kier molecular flexibility index (Phi) is 3.54. The van der Waals surface area contributed by atoms with Gasteiger partial charge in [0.15, 0.2) is 0 Å². The van der Waals surface area contributed by atoms with Gasteiger partial charge in [0.1, 0.15) is 0 Å². The molecule has 0 spiro atoms. The summed E-state index contributed by atoms with van der Waals surface area (Å²) in [7, 11) is 1.69. The van der Waals surface area contributed by atoms with E-state index >= 15 is 0 Å². The first-order valence-electron chi connectivity index (χ1n) is 6.80. The molecule has 2 aliphatic carbocycles. The third kappa shape index (κ3) is 2.13. The highest BCUT2D eigenvalue weighted by Crippen LogP contribution is 2.62. The van der Waals surface area contributed by atoms with Crippen LogP contribution in [0, 0.1) is 16.7 Å². The number of fused-ring (bicyclic) bond motifs is 2. The lowest BCUT2D eigenvalue weighted by molar-refractivity contribution is 0.0607. The lowest BCUT2D eigenvalue weighted by Gasteiger charge is -2.44. The van der Waals surface area contributed by atoms with Crippen molar-refractivity contribution in [2.24, 2.45) is 16.7 Å². The Labute approximate surface area is 105 Å². The Hall–Kier alpha value is -0.120. The van der Waals surface area contributed by atoms with E-state index in [4.69, 9.17) is 4.74 Å². The summed E-state index contributed by atoms with van der Waals surface area (Å²) in [5, 5.41) is 13.1. The van der Waals surface area contributed by atoms with E-state index in [9.17, 15) is 5.11 Å². The van der Waals surface area contributed by atoms with Crippen molar-refractivity contribution in [2.75, 3.05) is 20.3 Å². The fraction of sp³-hybridized carbons (Fsp3) is 1.00. The van der Waals surface area contributed by atoms with Crippen molar-refractivity contribution in [3.8, 4) is 0 Å². The average Bonchev–Trinajstić information content (AvgIpc) is 2.74. The van der Waals surface area contributed by atoms with Crippen LogP contribution in [-0.4, -0.2) is 37.5 Å². The van der Waals surface area contributed by atoms with Crippen molar-refractivity contribution in [3.63, 3.8) is 0 Å². The SMILES string of the molecule is COCC(CO)NC1C2(C)CCC(C2)C1(C)C. The zero-order valence-electron chi connectivity index (χ0n) is 11.6. The molecule has 17 heavy (non-hydrogen) atoms. The number of hydrogen-bond acceptors (Lipinski definition) is 3. The minimum Gasteiger partial charge on any atom is -0.395 e. The zero-order valence-corrected chi connectivity index (χ0v) is 11.6. The number of ether oxygens (including phenoxy) is 1. The van der Waals surface area contributed by atoms with Crippen molar-refractivity contribution >= 4 is 0 Å². The van der Waals surface area contributed by atoms with Crippen molar-refractivity contribution in [1.82, 2.24) is 5.32 Å². The van der Waals surface area contributed by atoms with Crippen molar-refractivity contribution in [3.05, 3.63) is 0 Å². The molecule has 2 saturated carbocycles. The molecule has 3 heteroatoms. The van der Waals surface area contributed by atoms with E-state index in [1.54, 1.807) is 7.11 Å². The highest BCUT2D eigenvalue weighted by molar-refractivity contribution is 5.12. The normalized spacial score (nSPS) is 40.8. The van der Waals surface area contributed by atoms with Gasteiger partial charge in [-0.25, -0.2) is 0 Å². The Balaban J connectivity index is 2.09. The molecule has 0 aromatic rings. The maximum absolute atomic E-state index is 9.40. The molecular formula is C14H27NO2. The second kappa shape index (κ2) is 4.52. The third-order valence-electron chi connectivity index (χ3n) is 5.26. The van der Waals surface area contributed by atoms with Gasteiger partial charge in [-0.2, -0.15) is 0 Å². The fourth-order valence-corrected chi connectivity index (χ4v) is 4.31. The lowest BCUT2D eigenvalue weighted by atomic mass is 9.68. The Morgan fingerprint density at radius 1 is 1.41 bits per heavy atom. The zero-order chi connectivity index (χ0) is 12.7. The molecule has 2 aliphatic rings. The van der Waals surface area contributed by atoms with Crippen molar-refractivity contribution < 1.29 is 9.84 Å². The molecule has 0 saturated heterocycles. The molecule has 0 heterocycles. The quantitative estimate of drug-likeness (QED) is 0.771. The summed E-state index contributed by atoms with van der Waals surface area (Å²) in [6, 6.07) is 0.571. The van der Waals surface area contributed by atoms with Crippen LogP contribution in [-0.2, 0) is 4.74 Å². The van der Waals surface area contributed by atoms with Crippen LogP contribution in [0.2, 0.25) is 0 Å². The minimum absolute atomic E-state index is 0.0699. The second-order valence-corrected chi connectivity index (χ2v) is 6.85. The molecule has 4 atom stereocenters. The van der Waals surface area contributed by atoms with Crippen molar-refractivity contribution in [1.29, 1.82) is 0 Å². The van der Waals surface area contributed by atoms with Crippen LogP contribution < -0.4 is 5.32 Å². The molecule has 2 bridgehead atoms. The van der Waals surface area contributed by atoms with E-state index < -0.39 is 0 Å². The first-order chi connectivity index (χ1) is 7.94. The molecule has 0 aromatic heterocycles. The Bertz CT molecular complexity index is 275. The summed E-state index contributed by atoms with van der Waals surface area (Å²) in [6.45, 7) is 7.90. The standard InChI is InChI=1S/C14H27NO2/c1-13(2)10-5-6-14(3,7-10)12(13)15-11(8-16)9-17-4/h10-12,15-16H,5-9H2,1-4H3.